The summed E-state index contributed by atoms with van der Waals surface area (Å²) >= 11 is 0. The van der Waals surface area contributed by atoms with E-state index in [0.29, 0.717) is 5.56 Å². The van der Waals surface area contributed by atoms with E-state index < -0.39 is 5.92 Å². The molecule has 0 bridgehead atoms. The molecule has 3 aromatic carbocycles. The molecule has 0 aliphatic heterocycles. The number of carbonyl (C=O) groups excluding carboxylic acids is 2. The third-order valence-electron chi connectivity index (χ3n) is 5.16. The Morgan fingerprint density at radius 1 is 0.704 bits per heavy atom. The quantitative estimate of drug-likeness (QED) is 0.430. The molecule has 0 N–H and O–H groups in total. The first-order chi connectivity index (χ1) is 13.0. The minimum Gasteiger partial charge on any atom is -0.299 e. The molecular formula is C25H24O2. The Kier molecular flexibility index (Phi) is 5.66. The van der Waals surface area contributed by atoms with Crippen LogP contribution in [0.5, 0.6) is 0 Å². The van der Waals surface area contributed by atoms with Crippen LogP contribution in [0.15, 0.2) is 78.9 Å². The molecule has 0 spiro atoms. The predicted octanol–water partition coefficient (Wildman–Crippen LogP) is 5.52. The minimum atomic E-state index is -0.753. The van der Waals surface area contributed by atoms with E-state index in [1.54, 1.807) is 12.1 Å². The number of ketones is 2. The topological polar surface area (TPSA) is 34.1 Å². The third-order valence-corrected chi connectivity index (χ3v) is 5.16. The van der Waals surface area contributed by atoms with Crippen molar-refractivity contribution in [1.82, 2.24) is 0 Å². The van der Waals surface area contributed by atoms with E-state index in [9.17, 15) is 9.59 Å². The summed E-state index contributed by atoms with van der Waals surface area (Å²) in [6.07, 6.45) is 0. The SMILES string of the molecule is CC(=O)C(C(=O)c1ccccc1)C(c1ccccc1)c1ccc(C)c(C)c1. The Morgan fingerprint density at radius 3 is 1.85 bits per heavy atom. The summed E-state index contributed by atoms with van der Waals surface area (Å²) in [4.78, 5) is 26.0. The first-order valence-electron chi connectivity index (χ1n) is 9.21. The molecule has 0 aromatic heterocycles. The van der Waals surface area contributed by atoms with Crippen LogP contribution in [0.3, 0.4) is 0 Å². The Labute approximate surface area is 160 Å². The van der Waals surface area contributed by atoms with Crippen molar-refractivity contribution in [2.45, 2.75) is 26.7 Å². The van der Waals surface area contributed by atoms with Crippen LogP contribution in [0.2, 0.25) is 0 Å². The summed E-state index contributed by atoms with van der Waals surface area (Å²) < 4.78 is 0. The first-order valence-corrected chi connectivity index (χ1v) is 9.21. The predicted molar refractivity (Wildman–Crippen MR) is 109 cm³/mol. The fourth-order valence-electron chi connectivity index (χ4n) is 3.55. The second-order valence-corrected chi connectivity index (χ2v) is 7.05. The van der Waals surface area contributed by atoms with Crippen LogP contribution in [0.25, 0.3) is 0 Å². The van der Waals surface area contributed by atoms with Gasteiger partial charge in [0.1, 0.15) is 5.78 Å². The molecular weight excluding hydrogens is 332 g/mol. The molecule has 2 unspecified atom stereocenters. The molecule has 2 nitrogen and oxygen atoms in total. The van der Waals surface area contributed by atoms with Crippen LogP contribution in [0.1, 0.15) is 45.5 Å². The van der Waals surface area contributed by atoms with Crippen molar-refractivity contribution < 1.29 is 9.59 Å². The van der Waals surface area contributed by atoms with Crippen molar-refractivity contribution in [2.24, 2.45) is 5.92 Å². The molecule has 3 rings (SSSR count). The number of Topliss-reactive ketones (excluding diaryl/α,β-unsaturated/α-hetero) is 2. The summed E-state index contributed by atoms with van der Waals surface area (Å²) in [6.45, 7) is 5.64. The van der Waals surface area contributed by atoms with Crippen LogP contribution in [0.4, 0.5) is 0 Å². The van der Waals surface area contributed by atoms with E-state index in [-0.39, 0.29) is 17.5 Å². The smallest absolute Gasteiger partial charge is 0.174 e. The maximum atomic E-state index is 13.3. The summed E-state index contributed by atoms with van der Waals surface area (Å²) in [5.74, 6) is -1.31. The van der Waals surface area contributed by atoms with Crippen molar-refractivity contribution in [3.8, 4) is 0 Å². The second kappa shape index (κ2) is 8.13. The summed E-state index contributed by atoms with van der Waals surface area (Å²) in [5.41, 5.74) is 4.89. The fourth-order valence-corrected chi connectivity index (χ4v) is 3.55. The average molecular weight is 356 g/mol. The molecule has 0 saturated heterocycles. The maximum absolute atomic E-state index is 13.3. The molecule has 136 valence electrons. The van der Waals surface area contributed by atoms with Crippen LogP contribution >= 0.6 is 0 Å². The van der Waals surface area contributed by atoms with Crippen LogP contribution in [-0.2, 0) is 4.79 Å². The van der Waals surface area contributed by atoms with E-state index in [2.05, 4.69) is 26.0 Å². The van der Waals surface area contributed by atoms with Gasteiger partial charge < -0.3 is 0 Å². The molecule has 0 aliphatic carbocycles. The molecule has 2 heteroatoms. The van der Waals surface area contributed by atoms with E-state index >= 15 is 0 Å². The maximum Gasteiger partial charge on any atom is 0.174 e. The Bertz CT molecular complexity index is 943. The van der Waals surface area contributed by atoms with Crippen molar-refractivity contribution in [3.63, 3.8) is 0 Å². The van der Waals surface area contributed by atoms with Crippen LogP contribution in [0, 0.1) is 19.8 Å². The highest BCUT2D eigenvalue weighted by Crippen LogP contribution is 2.35. The zero-order valence-electron chi connectivity index (χ0n) is 16.0. The Morgan fingerprint density at radius 2 is 1.30 bits per heavy atom. The zero-order chi connectivity index (χ0) is 19.4. The zero-order valence-corrected chi connectivity index (χ0v) is 16.0. The van der Waals surface area contributed by atoms with E-state index in [1.807, 2.05) is 54.6 Å². The number of benzene rings is 3. The lowest BCUT2D eigenvalue weighted by molar-refractivity contribution is -0.119. The highest BCUT2D eigenvalue weighted by atomic mass is 16.1. The summed E-state index contributed by atoms with van der Waals surface area (Å²) in [6, 6.07) is 25.1. The van der Waals surface area contributed by atoms with Gasteiger partial charge >= 0.3 is 0 Å². The van der Waals surface area contributed by atoms with E-state index in [4.69, 9.17) is 0 Å². The van der Waals surface area contributed by atoms with Crippen molar-refractivity contribution in [2.75, 3.05) is 0 Å². The lowest BCUT2D eigenvalue weighted by Gasteiger charge is -2.26. The number of hydrogen-bond acceptors (Lipinski definition) is 2. The van der Waals surface area contributed by atoms with Crippen molar-refractivity contribution in [3.05, 3.63) is 107 Å². The normalized spacial score (nSPS) is 13.0. The van der Waals surface area contributed by atoms with Gasteiger partial charge in [0.05, 0.1) is 5.92 Å². The second-order valence-electron chi connectivity index (χ2n) is 7.05. The Hall–Kier alpha value is -3.00. The van der Waals surface area contributed by atoms with Crippen molar-refractivity contribution >= 4 is 11.6 Å². The molecule has 0 aliphatic rings. The highest BCUT2D eigenvalue weighted by Gasteiger charge is 2.35. The van der Waals surface area contributed by atoms with Gasteiger partial charge in [-0.2, -0.15) is 0 Å². The number of carbonyl (C=O) groups is 2. The molecule has 3 aromatic rings. The molecule has 2 atom stereocenters. The van der Waals surface area contributed by atoms with E-state index in [0.717, 1.165) is 16.7 Å². The fraction of sp³-hybridized carbons (Fsp3) is 0.200. The molecule has 0 radical (unpaired) electrons. The van der Waals surface area contributed by atoms with Crippen LogP contribution in [-0.4, -0.2) is 11.6 Å². The third kappa shape index (κ3) is 4.06. The van der Waals surface area contributed by atoms with Gasteiger partial charge in [-0.05, 0) is 43.0 Å². The first kappa shape index (κ1) is 18.8. The number of rotatable bonds is 6. The standard InChI is InChI=1S/C25H24O2/c1-17-14-15-22(16-18(17)2)24(20-10-6-4-7-11-20)23(19(3)26)25(27)21-12-8-5-9-13-21/h4-16,23-24H,1-3H3. The van der Waals surface area contributed by atoms with Gasteiger partial charge in [-0.15, -0.1) is 0 Å². The van der Waals surface area contributed by atoms with Gasteiger partial charge in [0.25, 0.3) is 0 Å². The van der Waals surface area contributed by atoms with Gasteiger partial charge in [0.15, 0.2) is 5.78 Å². The van der Waals surface area contributed by atoms with Gasteiger partial charge in [0, 0.05) is 11.5 Å². The number of hydrogen-bond donors (Lipinski definition) is 0. The Balaban J connectivity index is 2.16. The molecule has 0 fully saturated rings. The molecule has 0 saturated carbocycles. The number of aryl methyl sites for hydroxylation is 2. The molecule has 0 amide bonds. The van der Waals surface area contributed by atoms with Crippen LogP contribution < -0.4 is 0 Å². The largest absolute Gasteiger partial charge is 0.299 e. The summed E-state index contributed by atoms with van der Waals surface area (Å²) in [7, 11) is 0. The van der Waals surface area contributed by atoms with Gasteiger partial charge in [0.2, 0.25) is 0 Å². The van der Waals surface area contributed by atoms with E-state index in [1.165, 1.54) is 12.5 Å². The lowest BCUT2D eigenvalue weighted by Crippen LogP contribution is -2.29. The minimum absolute atomic E-state index is 0.115. The van der Waals surface area contributed by atoms with Crippen molar-refractivity contribution in [1.29, 1.82) is 0 Å². The van der Waals surface area contributed by atoms with Gasteiger partial charge in [-0.3, -0.25) is 9.59 Å². The lowest BCUT2D eigenvalue weighted by atomic mass is 9.75. The highest BCUT2D eigenvalue weighted by molar-refractivity contribution is 6.11. The summed E-state index contributed by atoms with van der Waals surface area (Å²) in [5, 5.41) is 0. The average Bonchev–Trinajstić information content (AvgIpc) is 2.69. The monoisotopic (exact) mass is 356 g/mol. The molecule has 27 heavy (non-hydrogen) atoms. The molecule has 0 heterocycles. The van der Waals surface area contributed by atoms with Gasteiger partial charge in [-0.25, -0.2) is 0 Å². The van der Waals surface area contributed by atoms with Gasteiger partial charge in [-0.1, -0.05) is 78.9 Å².